The zero-order valence-corrected chi connectivity index (χ0v) is 14.6. The molecule has 22 heavy (non-hydrogen) atoms. The Morgan fingerprint density at radius 2 is 1.59 bits per heavy atom. The molecule has 0 aliphatic heterocycles. The molecule has 1 heteroatoms. The van der Waals surface area contributed by atoms with E-state index in [0.29, 0.717) is 5.75 Å². The van der Waals surface area contributed by atoms with Gasteiger partial charge in [0.2, 0.25) is 0 Å². The lowest BCUT2D eigenvalue weighted by molar-refractivity contribution is 0.467. The smallest absolute Gasteiger partial charge is 0.118 e. The van der Waals surface area contributed by atoms with Crippen LogP contribution in [0.1, 0.15) is 83.6 Å². The van der Waals surface area contributed by atoms with Gasteiger partial charge >= 0.3 is 0 Å². The third kappa shape index (κ3) is 8.26. The summed E-state index contributed by atoms with van der Waals surface area (Å²) in [6.07, 6.45) is 16.2. The van der Waals surface area contributed by atoms with Gasteiger partial charge in [0.1, 0.15) is 5.75 Å². The molecule has 0 aromatic heterocycles. The lowest BCUT2D eigenvalue weighted by atomic mass is 9.98. The fraction of sp³-hybridized carbons (Fsp3) is 0.619. The third-order valence-electron chi connectivity index (χ3n) is 4.28. The summed E-state index contributed by atoms with van der Waals surface area (Å²) in [5.74, 6) is 0.446. The van der Waals surface area contributed by atoms with Crippen LogP contribution < -0.4 is 0 Å². The first kappa shape index (κ1) is 18.8. The van der Waals surface area contributed by atoms with Gasteiger partial charge in [0.25, 0.3) is 0 Å². The van der Waals surface area contributed by atoms with Crippen LogP contribution in [0.4, 0.5) is 0 Å². The van der Waals surface area contributed by atoms with Crippen molar-refractivity contribution < 1.29 is 5.11 Å². The normalized spacial score (nSPS) is 11.8. The maximum Gasteiger partial charge on any atom is 0.118 e. The lowest BCUT2D eigenvalue weighted by Gasteiger charge is -2.09. The fourth-order valence-corrected chi connectivity index (χ4v) is 2.86. The maximum atomic E-state index is 9.83. The van der Waals surface area contributed by atoms with Gasteiger partial charge in [-0.05, 0) is 56.6 Å². The van der Waals surface area contributed by atoms with Gasteiger partial charge in [0.15, 0.2) is 0 Å². The van der Waals surface area contributed by atoms with E-state index in [1.54, 1.807) is 11.6 Å². The molecule has 0 bridgehead atoms. The van der Waals surface area contributed by atoms with E-state index in [2.05, 4.69) is 19.9 Å². The highest BCUT2D eigenvalue weighted by Gasteiger charge is 2.02. The third-order valence-corrected chi connectivity index (χ3v) is 4.28. The van der Waals surface area contributed by atoms with Crippen molar-refractivity contribution in [2.75, 3.05) is 0 Å². The fourth-order valence-electron chi connectivity index (χ4n) is 2.86. The van der Waals surface area contributed by atoms with E-state index >= 15 is 0 Å². The largest absolute Gasteiger partial charge is 0.508 e. The molecule has 0 saturated heterocycles. The number of phenols is 1. The molecular weight excluding hydrogens is 268 g/mol. The first-order valence-corrected chi connectivity index (χ1v) is 9.22. The maximum absolute atomic E-state index is 9.83. The van der Waals surface area contributed by atoms with Gasteiger partial charge in [0, 0.05) is 0 Å². The number of rotatable bonds is 12. The van der Waals surface area contributed by atoms with Crippen molar-refractivity contribution in [2.45, 2.75) is 84.5 Å². The molecule has 1 N–H and O–H groups in total. The van der Waals surface area contributed by atoms with E-state index in [0.717, 1.165) is 18.4 Å². The van der Waals surface area contributed by atoms with Crippen LogP contribution in [-0.4, -0.2) is 5.11 Å². The number of hydrogen-bond donors (Lipinski definition) is 1. The number of aromatic hydroxyl groups is 1. The Hall–Kier alpha value is -1.24. The Morgan fingerprint density at radius 3 is 2.32 bits per heavy atom. The summed E-state index contributed by atoms with van der Waals surface area (Å²) >= 11 is 0. The Labute approximate surface area is 137 Å². The van der Waals surface area contributed by atoms with Crippen LogP contribution in [0.5, 0.6) is 5.75 Å². The molecule has 0 radical (unpaired) electrons. The second-order valence-electron chi connectivity index (χ2n) is 6.30. The van der Waals surface area contributed by atoms with E-state index in [9.17, 15) is 5.11 Å². The highest BCUT2D eigenvalue weighted by molar-refractivity contribution is 5.31. The van der Waals surface area contributed by atoms with E-state index in [1.807, 2.05) is 18.2 Å². The van der Waals surface area contributed by atoms with Crippen molar-refractivity contribution in [3.05, 3.63) is 41.5 Å². The Kier molecular flexibility index (Phi) is 10.5. The molecule has 1 rings (SSSR count). The van der Waals surface area contributed by atoms with Crippen molar-refractivity contribution in [2.24, 2.45) is 0 Å². The molecule has 0 amide bonds. The zero-order chi connectivity index (χ0) is 16.0. The van der Waals surface area contributed by atoms with Gasteiger partial charge in [0.05, 0.1) is 0 Å². The minimum Gasteiger partial charge on any atom is -0.508 e. The summed E-state index contributed by atoms with van der Waals surface area (Å²) in [6.45, 7) is 4.53. The average molecular weight is 303 g/mol. The number of unbranched alkanes of at least 4 members (excludes halogenated alkanes) is 5. The number of aryl methyl sites for hydroxylation is 1. The van der Waals surface area contributed by atoms with Gasteiger partial charge in [-0.15, -0.1) is 0 Å². The Bertz CT molecular complexity index is 420. The van der Waals surface area contributed by atoms with E-state index in [4.69, 9.17) is 0 Å². The first-order valence-electron chi connectivity index (χ1n) is 9.22. The summed E-state index contributed by atoms with van der Waals surface area (Å²) in [4.78, 5) is 0. The van der Waals surface area contributed by atoms with Crippen LogP contribution in [-0.2, 0) is 6.42 Å². The highest BCUT2D eigenvalue weighted by atomic mass is 16.3. The summed E-state index contributed by atoms with van der Waals surface area (Å²) < 4.78 is 0. The molecule has 0 saturated carbocycles. The number of allylic oxidation sites excluding steroid dienone is 2. The molecular formula is C21H34O. The molecule has 0 aliphatic rings. The lowest BCUT2D eigenvalue weighted by Crippen LogP contribution is -1.91. The molecule has 1 nitrogen and oxygen atoms in total. The predicted molar refractivity (Wildman–Crippen MR) is 97.4 cm³/mol. The second kappa shape index (κ2) is 12.3. The van der Waals surface area contributed by atoms with Crippen LogP contribution >= 0.6 is 0 Å². The van der Waals surface area contributed by atoms with Crippen molar-refractivity contribution in [1.82, 2.24) is 0 Å². The van der Waals surface area contributed by atoms with E-state index < -0.39 is 0 Å². The second-order valence-corrected chi connectivity index (χ2v) is 6.30. The highest BCUT2D eigenvalue weighted by Crippen LogP contribution is 2.21. The molecule has 0 atom stereocenters. The molecule has 0 unspecified atom stereocenters. The van der Waals surface area contributed by atoms with Crippen LogP contribution in [0.3, 0.4) is 0 Å². The summed E-state index contributed by atoms with van der Waals surface area (Å²) in [7, 11) is 0. The van der Waals surface area contributed by atoms with Crippen LogP contribution in [0.2, 0.25) is 0 Å². The summed E-state index contributed by atoms with van der Waals surface area (Å²) in [5, 5.41) is 9.83. The molecule has 0 fully saturated rings. The van der Waals surface area contributed by atoms with Gasteiger partial charge in [-0.3, -0.25) is 0 Å². The number of benzene rings is 1. The topological polar surface area (TPSA) is 20.2 Å². The standard InChI is InChI=1S/C21H34O/c1-3-5-7-9-14-19(13-8-6-4-2)15-12-17-20-16-10-11-18-21(20)22/h10-11,14,16,18,22H,3-9,12-13,15,17H2,1-2H3/b19-14+. The van der Waals surface area contributed by atoms with Gasteiger partial charge in [-0.25, -0.2) is 0 Å². The van der Waals surface area contributed by atoms with E-state index in [1.165, 1.54) is 57.8 Å². The molecule has 1 aromatic carbocycles. The van der Waals surface area contributed by atoms with Crippen LogP contribution in [0, 0.1) is 0 Å². The molecule has 124 valence electrons. The summed E-state index contributed by atoms with van der Waals surface area (Å²) in [5.41, 5.74) is 2.72. The molecule has 0 heterocycles. The molecule has 0 spiro atoms. The van der Waals surface area contributed by atoms with E-state index in [-0.39, 0.29) is 0 Å². The number of para-hydroxylation sites is 1. The van der Waals surface area contributed by atoms with Gasteiger partial charge < -0.3 is 5.11 Å². The molecule has 0 aliphatic carbocycles. The first-order chi connectivity index (χ1) is 10.8. The number of phenolic OH excluding ortho intramolecular Hbond substituents is 1. The van der Waals surface area contributed by atoms with Crippen molar-refractivity contribution in [1.29, 1.82) is 0 Å². The predicted octanol–water partition coefficient (Wildman–Crippen LogP) is 6.80. The average Bonchev–Trinajstić information content (AvgIpc) is 2.53. The number of hydrogen-bond acceptors (Lipinski definition) is 1. The van der Waals surface area contributed by atoms with Crippen molar-refractivity contribution in [3.63, 3.8) is 0 Å². The minimum absolute atomic E-state index is 0.446. The van der Waals surface area contributed by atoms with Crippen molar-refractivity contribution >= 4 is 0 Å². The monoisotopic (exact) mass is 302 g/mol. The van der Waals surface area contributed by atoms with Gasteiger partial charge in [-0.1, -0.05) is 69.4 Å². The Balaban J connectivity index is 2.40. The van der Waals surface area contributed by atoms with Crippen LogP contribution in [0.25, 0.3) is 0 Å². The zero-order valence-electron chi connectivity index (χ0n) is 14.6. The van der Waals surface area contributed by atoms with Crippen molar-refractivity contribution in [3.8, 4) is 5.75 Å². The Morgan fingerprint density at radius 1 is 0.909 bits per heavy atom. The minimum atomic E-state index is 0.446. The summed E-state index contributed by atoms with van der Waals surface area (Å²) in [6, 6.07) is 7.73. The van der Waals surface area contributed by atoms with Gasteiger partial charge in [-0.2, -0.15) is 0 Å². The molecule has 1 aromatic rings. The van der Waals surface area contributed by atoms with Crippen LogP contribution in [0.15, 0.2) is 35.9 Å². The SMILES string of the molecule is CCCCC/C=C(\CCCCC)CCCc1ccccc1O. The quantitative estimate of drug-likeness (QED) is 0.332.